The Balaban J connectivity index is 1.58. The molecule has 3 heterocycles. The number of benzene rings is 2. The van der Waals surface area contributed by atoms with Crippen LogP contribution < -0.4 is 14.2 Å². The van der Waals surface area contributed by atoms with Crippen molar-refractivity contribution in [1.29, 1.82) is 0 Å². The predicted molar refractivity (Wildman–Crippen MR) is 124 cm³/mol. The number of aromatic nitrogens is 1. The van der Waals surface area contributed by atoms with Gasteiger partial charge in [-0.1, -0.05) is 13.0 Å². The van der Waals surface area contributed by atoms with E-state index in [0.717, 1.165) is 28.9 Å². The Morgan fingerprint density at radius 3 is 2.46 bits per heavy atom. The van der Waals surface area contributed by atoms with Crippen LogP contribution in [0, 0.1) is 13.8 Å². The monoisotopic (exact) mass is 481 g/mol. The van der Waals surface area contributed by atoms with E-state index in [9.17, 15) is 20.1 Å². The van der Waals surface area contributed by atoms with Crippen LogP contribution in [0.1, 0.15) is 59.0 Å². The van der Waals surface area contributed by atoms with E-state index in [2.05, 4.69) is 11.9 Å². The van der Waals surface area contributed by atoms with Crippen molar-refractivity contribution in [2.75, 3.05) is 0 Å². The van der Waals surface area contributed by atoms with Crippen molar-refractivity contribution in [3.05, 3.63) is 64.0 Å². The number of phenols is 2. The normalized spacial score (nSPS) is 22.5. The Labute approximate surface area is 201 Å². The fraction of sp³-hybridized carbons (Fsp3) is 0.346. The number of fused-ring (bicyclic) bond motifs is 2. The highest BCUT2D eigenvalue weighted by atomic mass is 16.7. The molecule has 0 spiro atoms. The Kier molecular flexibility index (Phi) is 5.52. The number of ether oxygens (including phenoxy) is 3. The molecule has 0 amide bonds. The summed E-state index contributed by atoms with van der Waals surface area (Å²) in [5.41, 5.74) is 4.86. The van der Waals surface area contributed by atoms with Crippen molar-refractivity contribution >= 4 is 5.97 Å². The number of aliphatic hydroxyl groups is 1. The lowest BCUT2D eigenvalue weighted by Crippen LogP contribution is -2.35. The van der Waals surface area contributed by atoms with Crippen LogP contribution in [-0.2, 0) is 11.2 Å². The number of aromatic hydroxyl groups is 2. The highest BCUT2D eigenvalue weighted by Crippen LogP contribution is 2.52. The Bertz CT molecular complexity index is 1310. The van der Waals surface area contributed by atoms with Gasteiger partial charge in [0.15, 0.2) is 17.6 Å². The van der Waals surface area contributed by atoms with Crippen LogP contribution in [0.3, 0.4) is 0 Å². The van der Waals surface area contributed by atoms with Gasteiger partial charge in [0.05, 0.1) is 5.92 Å². The molecular weight excluding hydrogens is 454 g/mol. The molecule has 9 nitrogen and oxygen atoms in total. The minimum Gasteiger partial charge on any atom is -0.508 e. The van der Waals surface area contributed by atoms with Crippen LogP contribution in [0.25, 0.3) is 0 Å². The molecule has 9 heteroatoms. The van der Waals surface area contributed by atoms with Gasteiger partial charge < -0.3 is 39.6 Å². The number of rotatable bonds is 5. The maximum atomic E-state index is 11.6. The van der Waals surface area contributed by atoms with E-state index in [-0.39, 0.29) is 23.7 Å². The zero-order valence-electron chi connectivity index (χ0n) is 19.5. The number of carbonyl (C=O) groups is 1. The van der Waals surface area contributed by atoms with Gasteiger partial charge in [0, 0.05) is 29.1 Å². The first-order valence-corrected chi connectivity index (χ1v) is 11.5. The topological polar surface area (TPSA) is 141 Å². The summed E-state index contributed by atoms with van der Waals surface area (Å²) >= 11 is 0. The third-order valence-corrected chi connectivity index (χ3v) is 6.77. The molecule has 184 valence electrons. The average Bonchev–Trinajstić information content (AvgIpc) is 3.31. The molecule has 2 aliphatic heterocycles. The second-order valence-corrected chi connectivity index (χ2v) is 8.97. The van der Waals surface area contributed by atoms with Crippen molar-refractivity contribution in [2.24, 2.45) is 0 Å². The Morgan fingerprint density at radius 2 is 1.77 bits per heavy atom. The van der Waals surface area contributed by atoms with Gasteiger partial charge in [-0.2, -0.15) is 0 Å². The third-order valence-electron chi connectivity index (χ3n) is 6.77. The van der Waals surface area contributed by atoms with E-state index >= 15 is 0 Å². The minimum atomic E-state index is -1.10. The number of aromatic amines is 1. The van der Waals surface area contributed by atoms with Gasteiger partial charge in [0.25, 0.3) is 6.29 Å². The molecular formula is C26H27NO8. The second kappa shape index (κ2) is 8.42. The van der Waals surface area contributed by atoms with Crippen LogP contribution >= 0.6 is 0 Å². The summed E-state index contributed by atoms with van der Waals surface area (Å²) < 4.78 is 17.3. The highest BCUT2D eigenvalue weighted by Gasteiger charge is 2.43. The van der Waals surface area contributed by atoms with Crippen LogP contribution in [0.5, 0.6) is 28.7 Å². The molecule has 0 aliphatic carbocycles. The summed E-state index contributed by atoms with van der Waals surface area (Å²) in [6, 6.07) is 7.67. The van der Waals surface area contributed by atoms with Gasteiger partial charge in [0.2, 0.25) is 0 Å². The van der Waals surface area contributed by atoms with Crippen LogP contribution in [0.4, 0.5) is 0 Å². The van der Waals surface area contributed by atoms with Gasteiger partial charge >= 0.3 is 5.97 Å². The van der Waals surface area contributed by atoms with Crippen molar-refractivity contribution < 1.29 is 39.4 Å². The minimum absolute atomic E-state index is 0.161. The molecule has 35 heavy (non-hydrogen) atoms. The lowest BCUT2D eigenvalue weighted by molar-refractivity contribution is -0.141. The SMILES string of the molecule is CCc1c(C)[nH]c(C2c3c(O)cc(O)cc3OC(c3ccc4c(c3)OC(CC(=O)O)O4)C2O)c1C. The molecule has 5 N–H and O–H groups in total. The van der Waals surface area contributed by atoms with Gasteiger partial charge in [0.1, 0.15) is 29.8 Å². The molecule has 5 rings (SSSR count). The summed E-state index contributed by atoms with van der Waals surface area (Å²) in [5.74, 6) is -1.02. The number of hydrogen-bond donors (Lipinski definition) is 5. The largest absolute Gasteiger partial charge is 0.508 e. The molecule has 0 bridgehead atoms. The van der Waals surface area contributed by atoms with Gasteiger partial charge in [-0.15, -0.1) is 0 Å². The van der Waals surface area contributed by atoms with Gasteiger partial charge in [-0.05, 0) is 49.1 Å². The van der Waals surface area contributed by atoms with Crippen molar-refractivity contribution in [1.82, 2.24) is 4.98 Å². The zero-order valence-corrected chi connectivity index (χ0v) is 19.5. The fourth-order valence-corrected chi connectivity index (χ4v) is 5.22. The van der Waals surface area contributed by atoms with E-state index in [0.29, 0.717) is 22.6 Å². The third kappa shape index (κ3) is 3.81. The van der Waals surface area contributed by atoms with Gasteiger partial charge in [-0.3, -0.25) is 4.79 Å². The van der Waals surface area contributed by atoms with Crippen molar-refractivity contribution in [2.45, 2.75) is 58.0 Å². The number of phenolic OH excluding ortho intramolecular Hbond substituents is 2. The smallest absolute Gasteiger partial charge is 0.310 e. The molecule has 0 saturated heterocycles. The second-order valence-electron chi connectivity index (χ2n) is 8.97. The first-order chi connectivity index (χ1) is 16.7. The number of nitrogens with one attached hydrogen (secondary N) is 1. The number of carboxylic acids is 1. The van der Waals surface area contributed by atoms with Crippen molar-refractivity contribution in [3.8, 4) is 28.7 Å². The molecule has 2 aliphatic rings. The lowest BCUT2D eigenvalue weighted by Gasteiger charge is -2.37. The molecule has 0 fully saturated rings. The fourth-order valence-electron chi connectivity index (χ4n) is 5.22. The first kappa shape index (κ1) is 22.9. The van der Waals surface area contributed by atoms with Crippen molar-refractivity contribution in [3.63, 3.8) is 0 Å². The standard InChI is InChI=1S/C26H27NO8/c1-4-15-11(2)24(27-12(15)3)23-22-16(29)8-14(28)9-19(22)35-26(25(23)32)13-5-6-17-18(7-13)34-21(33-17)10-20(30)31/h5-9,21,23,25-29,32H,4,10H2,1-3H3,(H,30,31). The zero-order chi connectivity index (χ0) is 25.0. The Morgan fingerprint density at radius 1 is 1.03 bits per heavy atom. The summed E-state index contributed by atoms with van der Waals surface area (Å²) in [5, 5.41) is 41.5. The first-order valence-electron chi connectivity index (χ1n) is 11.5. The molecule has 0 saturated carbocycles. The molecule has 2 aromatic carbocycles. The number of H-pyrrole nitrogens is 1. The number of aliphatic hydroxyl groups excluding tert-OH is 1. The summed E-state index contributed by atoms with van der Waals surface area (Å²) in [6.45, 7) is 6.01. The van der Waals surface area contributed by atoms with Crippen LogP contribution in [0.15, 0.2) is 30.3 Å². The van der Waals surface area contributed by atoms with Crippen LogP contribution in [0.2, 0.25) is 0 Å². The van der Waals surface area contributed by atoms with E-state index in [1.54, 1.807) is 18.2 Å². The number of carboxylic acid groups (broad SMARTS) is 1. The molecule has 3 aromatic rings. The highest BCUT2D eigenvalue weighted by molar-refractivity contribution is 5.67. The average molecular weight is 482 g/mol. The Hall–Kier alpha value is -3.85. The van der Waals surface area contributed by atoms with E-state index < -0.39 is 30.4 Å². The maximum absolute atomic E-state index is 11.6. The quantitative estimate of drug-likeness (QED) is 0.371. The van der Waals surface area contributed by atoms with E-state index in [1.807, 2.05) is 13.8 Å². The maximum Gasteiger partial charge on any atom is 0.310 e. The number of aryl methyl sites for hydroxylation is 1. The van der Waals surface area contributed by atoms with E-state index in [4.69, 9.17) is 19.3 Å². The molecule has 1 aromatic heterocycles. The summed E-state index contributed by atoms with van der Waals surface area (Å²) in [7, 11) is 0. The number of aliphatic carboxylic acids is 1. The van der Waals surface area contributed by atoms with E-state index in [1.165, 1.54) is 12.1 Å². The number of hydrogen-bond acceptors (Lipinski definition) is 7. The summed E-state index contributed by atoms with van der Waals surface area (Å²) in [6.07, 6.45) is -2.41. The molecule has 4 unspecified atom stereocenters. The van der Waals surface area contributed by atoms with Gasteiger partial charge in [-0.25, -0.2) is 0 Å². The molecule has 4 atom stereocenters. The van der Waals surface area contributed by atoms with Crippen LogP contribution in [-0.4, -0.2) is 43.8 Å². The summed E-state index contributed by atoms with van der Waals surface area (Å²) in [4.78, 5) is 14.4. The molecule has 0 radical (unpaired) electrons. The predicted octanol–water partition coefficient (Wildman–Crippen LogP) is 3.80. The lowest BCUT2D eigenvalue weighted by atomic mass is 9.80.